The van der Waals surface area contributed by atoms with Crippen LogP contribution in [0.5, 0.6) is 0 Å². The summed E-state index contributed by atoms with van der Waals surface area (Å²) >= 11 is 0. The Balaban J connectivity index is 0. The fraction of sp³-hybridized carbons (Fsp3) is 0.667. The normalized spacial score (nSPS) is 13.4. The molecule has 0 heterocycles. The maximum absolute atomic E-state index is 11.1. The van der Waals surface area contributed by atoms with Gasteiger partial charge in [0.2, 0.25) is 0 Å². The Kier molecular flexibility index (Phi) is 8.78. The number of carbonyl (C=O) groups excluding carboxylic acids is 3. The molecule has 1 N–H and O–H groups in total. The second-order valence-corrected chi connectivity index (χ2v) is 3.58. The minimum absolute atomic E-state index is 0. The van der Waals surface area contributed by atoms with Crippen molar-refractivity contribution in [1.82, 2.24) is 0 Å². The van der Waals surface area contributed by atoms with Gasteiger partial charge in [-0.25, -0.2) is 0 Å². The summed E-state index contributed by atoms with van der Waals surface area (Å²) in [5.74, 6) is -4.88. The number of carbonyl (C=O) groups is 3. The Hall–Kier alpha value is -0.370. The van der Waals surface area contributed by atoms with Gasteiger partial charge in [0.1, 0.15) is 5.60 Å². The molecular formula is C9H12CaO7. The summed E-state index contributed by atoms with van der Waals surface area (Å²) in [7, 11) is 0. The first kappa shape index (κ1) is 19.0. The van der Waals surface area contributed by atoms with Gasteiger partial charge in [-0.05, 0) is 13.8 Å². The van der Waals surface area contributed by atoms with E-state index >= 15 is 0 Å². The first-order chi connectivity index (χ1) is 7.17. The van der Waals surface area contributed by atoms with Crippen LogP contribution >= 0.6 is 0 Å². The zero-order chi connectivity index (χ0) is 12.9. The Morgan fingerprint density at radius 1 is 1.24 bits per heavy atom. The van der Waals surface area contributed by atoms with Crippen molar-refractivity contribution in [3.63, 3.8) is 0 Å². The number of esters is 1. The molecule has 0 spiro atoms. The van der Waals surface area contributed by atoms with Gasteiger partial charge in [-0.2, -0.15) is 0 Å². The predicted molar refractivity (Wildman–Crippen MR) is 51.2 cm³/mol. The molecule has 0 aliphatic heterocycles. The van der Waals surface area contributed by atoms with Crippen LogP contribution < -0.4 is 10.2 Å². The fourth-order valence-electron chi connectivity index (χ4n) is 0.989. The molecule has 0 fully saturated rings. The fourth-order valence-corrected chi connectivity index (χ4v) is 0.989. The molecule has 0 aliphatic carbocycles. The molecule has 1 unspecified atom stereocenters. The molecule has 92 valence electrons. The molecule has 0 rings (SSSR count). The van der Waals surface area contributed by atoms with Crippen molar-refractivity contribution in [3.05, 3.63) is 0 Å². The van der Waals surface area contributed by atoms with Gasteiger partial charge in [0.25, 0.3) is 0 Å². The van der Waals surface area contributed by atoms with Gasteiger partial charge in [-0.15, -0.1) is 0 Å². The number of ether oxygens (including phenoxy) is 1. The Morgan fingerprint density at radius 3 is 2.00 bits per heavy atom. The summed E-state index contributed by atoms with van der Waals surface area (Å²) in [6.45, 7) is 3.05. The maximum Gasteiger partial charge on any atom is 2.00 e. The molecule has 0 aromatic heterocycles. The third kappa shape index (κ3) is 7.54. The molecule has 8 heteroatoms. The van der Waals surface area contributed by atoms with Crippen molar-refractivity contribution in [3.8, 4) is 0 Å². The Morgan fingerprint density at radius 2 is 1.71 bits per heavy atom. The van der Waals surface area contributed by atoms with Crippen LogP contribution in [0.4, 0.5) is 0 Å². The van der Waals surface area contributed by atoms with E-state index in [9.17, 15) is 29.7 Å². The molecule has 0 amide bonds. The van der Waals surface area contributed by atoms with E-state index in [1.807, 2.05) is 0 Å². The summed E-state index contributed by atoms with van der Waals surface area (Å²) in [4.78, 5) is 31.8. The minimum Gasteiger partial charge on any atom is -0.550 e. The molecule has 7 nitrogen and oxygen atoms in total. The van der Waals surface area contributed by atoms with E-state index in [0.29, 0.717) is 0 Å². The average Bonchev–Trinajstić information content (AvgIpc) is 1.98. The molecule has 0 aromatic rings. The summed E-state index contributed by atoms with van der Waals surface area (Å²) in [6.07, 6.45) is -2.73. The van der Waals surface area contributed by atoms with E-state index in [-0.39, 0.29) is 37.7 Å². The summed E-state index contributed by atoms with van der Waals surface area (Å²) in [5, 5.41) is 30.1. The van der Waals surface area contributed by atoms with Crippen molar-refractivity contribution in [2.45, 2.75) is 38.4 Å². The molecule has 1 atom stereocenters. The molecule has 0 saturated heterocycles. The topological polar surface area (TPSA) is 127 Å². The molecule has 0 radical (unpaired) electrons. The standard InChI is InChI=1S/C9H14O7.Ca/c1-5(2)16-7(12)4-9(15,8(13)14)3-6(10)11;/h5,15H,3-4H2,1-2H3,(H,10,11)(H,13,14);/q;+2/p-2. The van der Waals surface area contributed by atoms with Gasteiger partial charge in [0, 0.05) is 12.4 Å². The second-order valence-electron chi connectivity index (χ2n) is 3.58. The number of hydrogen-bond donors (Lipinski definition) is 1. The largest absolute Gasteiger partial charge is 2.00 e. The van der Waals surface area contributed by atoms with Crippen LogP contribution in [-0.2, 0) is 19.1 Å². The van der Waals surface area contributed by atoms with Crippen LogP contribution in [0.2, 0.25) is 0 Å². The van der Waals surface area contributed by atoms with Crippen molar-refractivity contribution in [1.29, 1.82) is 0 Å². The zero-order valence-electron chi connectivity index (χ0n) is 9.60. The molecule has 0 bridgehead atoms. The monoisotopic (exact) mass is 272 g/mol. The van der Waals surface area contributed by atoms with Gasteiger partial charge < -0.3 is 29.6 Å². The van der Waals surface area contributed by atoms with Gasteiger partial charge in [-0.3, -0.25) is 4.79 Å². The average molecular weight is 272 g/mol. The molecule has 0 saturated carbocycles. The van der Waals surface area contributed by atoms with Crippen LogP contribution in [-0.4, -0.2) is 72.5 Å². The second kappa shape index (κ2) is 7.86. The first-order valence-electron chi connectivity index (χ1n) is 4.50. The molecule has 17 heavy (non-hydrogen) atoms. The van der Waals surface area contributed by atoms with Gasteiger partial charge in [0.05, 0.1) is 18.5 Å². The Labute approximate surface area is 128 Å². The quantitative estimate of drug-likeness (QED) is 0.394. The van der Waals surface area contributed by atoms with Crippen LogP contribution in [0.1, 0.15) is 26.7 Å². The van der Waals surface area contributed by atoms with Crippen LogP contribution in [0, 0.1) is 0 Å². The summed E-state index contributed by atoms with van der Waals surface area (Å²) in [5.41, 5.74) is -2.80. The van der Waals surface area contributed by atoms with E-state index in [2.05, 4.69) is 4.74 Å². The maximum atomic E-state index is 11.1. The SMILES string of the molecule is CC(C)OC(=O)CC(O)(CC(=O)[O-])C(=O)[O-].[Ca+2]. The Bertz CT molecular complexity index is 302. The van der Waals surface area contributed by atoms with Gasteiger partial charge >= 0.3 is 43.7 Å². The summed E-state index contributed by atoms with van der Waals surface area (Å²) < 4.78 is 4.57. The van der Waals surface area contributed by atoms with Crippen molar-refractivity contribution in [2.24, 2.45) is 0 Å². The number of hydrogen-bond acceptors (Lipinski definition) is 7. The molecule has 0 aromatic carbocycles. The number of rotatable bonds is 6. The van der Waals surface area contributed by atoms with E-state index in [4.69, 9.17) is 0 Å². The third-order valence-corrected chi connectivity index (χ3v) is 1.62. The summed E-state index contributed by atoms with van der Waals surface area (Å²) in [6, 6.07) is 0. The van der Waals surface area contributed by atoms with E-state index in [1.165, 1.54) is 13.8 Å². The van der Waals surface area contributed by atoms with Crippen molar-refractivity contribution < 1.29 is 34.4 Å². The van der Waals surface area contributed by atoms with E-state index < -0.39 is 42.5 Å². The predicted octanol–water partition coefficient (Wildman–Crippen LogP) is -3.43. The number of aliphatic hydroxyl groups is 1. The smallest absolute Gasteiger partial charge is 0.550 e. The van der Waals surface area contributed by atoms with E-state index in [1.54, 1.807) is 0 Å². The third-order valence-electron chi connectivity index (χ3n) is 1.62. The molecular weight excluding hydrogens is 260 g/mol. The first-order valence-corrected chi connectivity index (χ1v) is 4.50. The van der Waals surface area contributed by atoms with Crippen LogP contribution in [0.3, 0.4) is 0 Å². The number of carboxylic acid groups (broad SMARTS) is 2. The van der Waals surface area contributed by atoms with Crippen LogP contribution in [0.25, 0.3) is 0 Å². The van der Waals surface area contributed by atoms with E-state index in [0.717, 1.165) is 0 Å². The van der Waals surface area contributed by atoms with Gasteiger partial charge in [-0.1, -0.05) is 0 Å². The minimum atomic E-state index is -2.80. The van der Waals surface area contributed by atoms with Gasteiger partial charge in [0.15, 0.2) is 0 Å². The molecule has 0 aliphatic rings. The zero-order valence-corrected chi connectivity index (χ0v) is 11.8. The van der Waals surface area contributed by atoms with Crippen LogP contribution in [0.15, 0.2) is 0 Å². The number of carboxylic acids is 2. The van der Waals surface area contributed by atoms with Crippen molar-refractivity contribution in [2.75, 3.05) is 0 Å². The number of aliphatic carboxylic acids is 2. The van der Waals surface area contributed by atoms with Crippen molar-refractivity contribution >= 4 is 55.6 Å².